The van der Waals surface area contributed by atoms with Crippen molar-refractivity contribution < 1.29 is 0 Å². The van der Waals surface area contributed by atoms with Crippen LogP contribution in [0, 0.1) is 0 Å². The minimum Gasteiger partial charge on any atom is -0.310 e. The molecule has 20 heteroatoms. The number of hydrogen-bond donors (Lipinski definition) is 0. The molecule has 0 saturated carbocycles. The zero-order chi connectivity index (χ0) is 57.5. The summed E-state index contributed by atoms with van der Waals surface area (Å²) in [5.74, 6) is 0.553. The molecule has 0 aliphatic heterocycles. The molecule has 3 heterocycles. The zero-order valence-corrected chi connectivity index (χ0v) is 43.9. The highest BCUT2D eigenvalue weighted by Crippen LogP contribution is 2.40. The second-order valence-corrected chi connectivity index (χ2v) is 20.4. The van der Waals surface area contributed by atoms with E-state index in [0.717, 1.165) is 49.8 Å². The van der Waals surface area contributed by atoms with E-state index >= 15 is 0 Å². The van der Waals surface area contributed by atoms with Gasteiger partial charge in [0.25, 0.3) is 0 Å². The van der Waals surface area contributed by atoms with E-state index in [4.69, 9.17) is 136 Å². The van der Waals surface area contributed by atoms with Crippen LogP contribution in [-0.4, -0.2) is 145 Å². The lowest BCUT2D eigenvalue weighted by molar-refractivity contribution is 1.14. The fourth-order valence-corrected chi connectivity index (χ4v) is 11.6. The molecule has 32 radical (unpaired) electrons. The van der Waals surface area contributed by atoms with Crippen LogP contribution in [0.1, 0.15) is 0 Å². The van der Waals surface area contributed by atoms with Crippen molar-refractivity contribution in [2.75, 3.05) is 0 Å². The number of hydrogen-bond acceptors (Lipinski definition) is 2. The molecule has 0 aliphatic carbocycles. The molecule has 10 aromatic carbocycles. The molecule has 0 N–H and O–H groups in total. The molecule has 13 rings (SSSR count). The normalized spacial score (nSPS) is 11.7. The topological polar surface area (TPSA) is 35.6 Å². The standard InChI is InChI=1S/C62H24B16N4/c63-42-38-39-43(64)47(68)51(72)55(76)59(39)81(58(38)54(75)50(71)46(42)67)30-21-29(22-31(23-30)82-60-40(44(65)48(69)52(73)56(60)77)41-45(66)49(70)53(74)57(78)61(41)82)32-19-20-35(34-14-8-7-13-33(32)34)37-24-36(79-62(80-37)28-11-5-2-6-12-28)27-17-15-26(16-18-27)25-9-3-1-4-10-25/h1-24H. The van der Waals surface area contributed by atoms with E-state index in [1.165, 1.54) is 0 Å². The molecule has 0 bridgehead atoms. The summed E-state index contributed by atoms with van der Waals surface area (Å²) in [6.07, 6.45) is 0. The second-order valence-electron chi connectivity index (χ2n) is 20.4. The first-order valence-electron chi connectivity index (χ1n) is 25.8. The highest BCUT2D eigenvalue weighted by Gasteiger charge is 2.27. The third-order valence-corrected chi connectivity index (χ3v) is 15.9. The lowest BCUT2D eigenvalue weighted by Gasteiger charge is -2.22. The van der Waals surface area contributed by atoms with E-state index in [1.54, 1.807) is 9.13 Å². The van der Waals surface area contributed by atoms with Crippen LogP contribution in [-0.2, 0) is 0 Å². The lowest BCUT2D eigenvalue weighted by Crippen LogP contribution is -2.49. The molecule has 0 saturated heterocycles. The molecule has 340 valence electrons. The van der Waals surface area contributed by atoms with Crippen molar-refractivity contribution in [2.24, 2.45) is 0 Å². The Balaban J connectivity index is 1.14. The summed E-state index contributed by atoms with van der Waals surface area (Å²) >= 11 is 0. The Morgan fingerprint density at radius 2 is 0.573 bits per heavy atom. The molecular weight excluding hydrogens is 974 g/mol. The summed E-state index contributed by atoms with van der Waals surface area (Å²) in [5.41, 5.74) is 10.5. The predicted molar refractivity (Wildman–Crippen MR) is 362 cm³/mol. The quantitative estimate of drug-likeness (QED) is 0.159. The average Bonchev–Trinajstić information content (AvgIpc) is 2.16. The number of rotatable bonds is 7. The fraction of sp³-hybridized carbons (Fsp3) is 0. The van der Waals surface area contributed by atoms with Gasteiger partial charge in [0.15, 0.2) is 5.82 Å². The van der Waals surface area contributed by atoms with Gasteiger partial charge >= 0.3 is 0 Å². The number of fused-ring (bicyclic) bond motifs is 7. The van der Waals surface area contributed by atoms with Crippen molar-refractivity contribution in [2.45, 2.75) is 0 Å². The largest absolute Gasteiger partial charge is 0.310 e. The minimum absolute atomic E-state index is 0.0210. The maximum Gasteiger partial charge on any atom is 0.160 e. The van der Waals surface area contributed by atoms with Gasteiger partial charge in [-0.1, -0.05) is 165 Å². The summed E-state index contributed by atoms with van der Waals surface area (Å²) in [4.78, 5) is 10.4. The summed E-state index contributed by atoms with van der Waals surface area (Å²) in [6.45, 7) is 0. The van der Waals surface area contributed by atoms with Crippen LogP contribution in [0.3, 0.4) is 0 Å². The van der Waals surface area contributed by atoms with Crippen LogP contribution in [0.15, 0.2) is 146 Å². The zero-order valence-electron chi connectivity index (χ0n) is 43.9. The third-order valence-electron chi connectivity index (χ3n) is 15.9. The Kier molecular flexibility index (Phi) is 13.0. The van der Waals surface area contributed by atoms with Gasteiger partial charge in [-0.05, 0) is 78.8 Å². The van der Waals surface area contributed by atoms with Gasteiger partial charge in [0.2, 0.25) is 0 Å². The first-order chi connectivity index (χ1) is 39.4. The Morgan fingerprint density at radius 1 is 0.244 bits per heavy atom. The maximum atomic E-state index is 7.05. The second kappa shape index (κ2) is 20.0. The van der Waals surface area contributed by atoms with Crippen LogP contribution < -0.4 is 87.4 Å². The molecule has 13 aromatic rings. The Labute approximate surface area is 496 Å². The molecule has 0 atom stereocenters. The van der Waals surface area contributed by atoms with E-state index in [1.807, 2.05) is 103 Å². The van der Waals surface area contributed by atoms with E-state index in [2.05, 4.69) is 42.5 Å². The van der Waals surface area contributed by atoms with Crippen molar-refractivity contribution in [3.05, 3.63) is 146 Å². The van der Waals surface area contributed by atoms with Gasteiger partial charge in [-0.2, -0.15) is 0 Å². The molecule has 3 aromatic heterocycles. The van der Waals surface area contributed by atoms with Crippen LogP contribution in [0.5, 0.6) is 0 Å². The van der Waals surface area contributed by atoms with Crippen LogP contribution in [0.25, 0.3) is 122 Å². The minimum atomic E-state index is 0.0210. The number of nitrogens with zero attached hydrogens (tertiary/aromatic N) is 4. The van der Waals surface area contributed by atoms with Gasteiger partial charge < -0.3 is 9.13 Å². The maximum absolute atomic E-state index is 7.05. The van der Waals surface area contributed by atoms with Crippen molar-refractivity contribution in [3.8, 4) is 67.5 Å². The summed E-state index contributed by atoms with van der Waals surface area (Å²) in [7, 11) is 109. The van der Waals surface area contributed by atoms with E-state index in [0.29, 0.717) is 72.1 Å². The van der Waals surface area contributed by atoms with Crippen LogP contribution in [0.4, 0.5) is 0 Å². The van der Waals surface area contributed by atoms with Gasteiger partial charge in [-0.25, -0.2) is 9.97 Å². The van der Waals surface area contributed by atoms with Gasteiger partial charge in [-0.3, -0.25) is 0 Å². The molecule has 82 heavy (non-hydrogen) atoms. The highest BCUT2D eigenvalue weighted by molar-refractivity contribution is 6.73. The molecule has 0 unspecified atom stereocenters. The number of benzene rings is 10. The Morgan fingerprint density at radius 3 is 1.00 bits per heavy atom. The fourth-order valence-electron chi connectivity index (χ4n) is 11.6. The van der Waals surface area contributed by atoms with E-state index < -0.39 is 0 Å². The summed E-state index contributed by atoms with van der Waals surface area (Å²) < 4.78 is 3.55. The molecule has 0 amide bonds. The van der Waals surface area contributed by atoms with Gasteiger partial charge in [0, 0.05) is 50.1 Å². The summed E-state index contributed by atoms with van der Waals surface area (Å²) in [5, 5.41) is 3.04. The smallest absolute Gasteiger partial charge is 0.160 e. The van der Waals surface area contributed by atoms with E-state index in [9.17, 15) is 0 Å². The van der Waals surface area contributed by atoms with Crippen molar-refractivity contribution in [3.63, 3.8) is 0 Å². The predicted octanol–water partition coefficient (Wildman–Crippen LogP) is -3.14. The van der Waals surface area contributed by atoms with Gasteiger partial charge in [0.1, 0.15) is 126 Å². The SMILES string of the molecule is [B]c1c([B])c([B])c2c(c1[B])c1c([B])c([B])c([B])c([B])c1n2-c1cc(-c2ccc(-c3cc(-c4ccc(-c5ccccc5)cc4)nc(-c4ccccc4)n3)c3ccccc23)cc(-n2c3c([B])c([B])c([B])c([B])c3c3c([B])c([B])c([B])c([B])c32)c1. The monoisotopic (exact) mass is 1000 g/mol. The first-order valence-corrected chi connectivity index (χ1v) is 25.8. The van der Waals surface area contributed by atoms with E-state index in [-0.39, 0.29) is 87.4 Å². The number of aromatic nitrogens is 4. The molecular formula is C62H24B16N4. The molecule has 0 spiro atoms. The Bertz CT molecular complexity index is 4590. The lowest BCUT2D eigenvalue weighted by atomic mass is 9.63. The highest BCUT2D eigenvalue weighted by atomic mass is 15.0. The first kappa shape index (κ1) is 53.5. The average molecular weight is 998 g/mol. The van der Waals surface area contributed by atoms with Crippen LogP contribution >= 0.6 is 0 Å². The third kappa shape index (κ3) is 7.97. The van der Waals surface area contributed by atoms with Gasteiger partial charge in [0.05, 0.1) is 11.4 Å². The van der Waals surface area contributed by atoms with Crippen molar-refractivity contribution in [1.82, 2.24) is 19.1 Å². The van der Waals surface area contributed by atoms with Crippen LogP contribution in [0.2, 0.25) is 0 Å². The Hall–Kier alpha value is -7.82. The van der Waals surface area contributed by atoms with Crippen molar-refractivity contribution >= 4 is 267 Å². The molecule has 0 fully saturated rings. The van der Waals surface area contributed by atoms with Crippen molar-refractivity contribution in [1.29, 1.82) is 0 Å². The van der Waals surface area contributed by atoms with Gasteiger partial charge in [-0.15, -0.1) is 43.7 Å². The molecule has 4 nitrogen and oxygen atoms in total. The summed E-state index contributed by atoms with van der Waals surface area (Å²) in [6, 6.07) is 48.3. The molecule has 0 aliphatic rings.